The van der Waals surface area contributed by atoms with Crippen LogP contribution in [-0.4, -0.2) is 19.3 Å². The van der Waals surface area contributed by atoms with Crippen molar-refractivity contribution in [3.05, 3.63) is 34.3 Å². The van der Waals surface area contributed by atoms with Crippen LogP contribution in [-0.2, 0) is 10.2 Å². The van der Waals surface area contributed by atoms with Crippen molar-refractivity contribution in [1.29, 1.82) is 0 Å². The van der Waals surface area contributed by atoms with Gasteiger partial charge in [-0.3, -0.25) is 0 Å². The molecule has 1 aromatic carbocycles. The van der Waals surface area contributed by atoms with Gasteiger partial charge in [0.1, 0.15) is 0 Å². The molecule has 0 bridgehead atoms. The van der Waals surface area contributed by atoms with Crippen LogP contribution in [0.15, 0.2) is 18.2 Å². The quantitative estimate of drug-likeness (QED) is 0.911. The topological polar surface area (TPSA) is 35.2 Å². The van der Waals surface area contributed by atoms with Crippen LogP contribution in [0.5, 0.6) is 0 Å². The summed E-state index contributed by atoms with van der Waals surface area (Å²) in [7, 11) is 0. The summed E-state index contributed by atoms with van der Waals surface area (Å²) in [6.07, 6.45) is 3.46. The Kier molecular flexibility index (Phi) is 3.13. The monoisotopic (exact) mass is 265 g/mol. The lowest BCUT2D eigenvalue weighted by molar-refractivity contribution is 0.194. The molecule has 1 heterocycles. The summed E-state index contributed by atoms with van der Waals surface area (Å²) in [5.74, 6) is 0.469. The number of hydrogen-bond acceptors (Lipinski definition) is 2. The Hall–Kier alpha value is -0.570. The fraction of sp³-hybridized carbons (Fsp3) is 0.600. The molecule has 1 saturated heterocycles. The van der Waals surface area contributed by atoms with E-state index in [0.717, 1.165) is 24.7 Å². The SMILES string of the molecule is CC(N)C1(c2ccc(C3CCOC3)c(Cl)c2)CC1. The van der Waals surface area contributed by atoms with Gasteiger partial charge >= 0.3 is 0 Å². The zero-order valence-corrected chi connectivity index (χ0v) is 11.5. The second-order valence-corrected chi connectivity index (χ2v) is 6.15. The summed E-state index contributed by atoms with van der Waals surface area (Å²) in [5, 5.41) is 0.884. The number of rotatable bonds is 3. The van der Waals surface area contributed by atoms with E-state index in [2.05, 4.69) is 25.1 Å². The van der Waals surface area contributed by atoms with Gasteiger partial charge in [0.25, 0.3) is 0 Å². The summed E-state index contributed by atoms with van der Waals surface area (Å²) in [4.78, 5) is 0. The third-order valence-electron chi connectivity index (χ3n) is 4.61. The molecule has 2 nitrogen and oxygen atoms in total. The molecule has 1 aromatic rings. The molecule has 0 radical (unpaired) electrons. The van der Waals surface area contributed by atoms with Gasteiger partial charge in [-0.25, -0.2) is 0 Å². The first-order valence-electron chi connectivity index (χ1n) is 6.77. The molecule has 18 heavy (non-hydrogen) atoms. The fourth-order valence-electron chi connectivity index (χ4n) is 3.09. The lowest BCUT2D eigenvalue weighted by atomic mass is 9.87. The fourth-order valence-corrected chi connectivity index (χ4v) is 3.42. The highest BCUT2D eigenvalue weighted by Crippen LogP contribution is 2.51. The molecule has 98 valence electrons. The molecule has 2 N–H and O–H groups in total. The predicted octanol–water partition coefficient (Wildman–Crippen LogP) is 3.22. The van der Waals surface area contributed by atoms with Crippen molar-refractivity contribution in [3.63, 3.8) is 0 Å². The summed E-state index contributed by atoms with van der Waals surface area (Å²) in [6.45, 7) is 3.75. The van der Waals surface area contributed by atoms with Gasteiger partial charge < -0.3 is 10.5 Å². The minimum Gasteiger partial charge on any atom is -0.381 e. The average molecular weight is 266 g/mol. The molecule has 2 unspecified atom stereocenters. The van der Waals surface area contributed by atoms with E-state index >= 15 is 0 Å². The molecule has 0 spiro atoms. The molecular weight excluding hydrogens is 246 g/mol. The maximum absolute atomic E-state index is 6.45. The van der Waals surface area contributed by atoms with E-state index in [-0.39, 0.29) is 11.5 Å². The van der Waals surface area contributed by atoms with E-state index in [0.29, 0.717) is 5.92 Å². The smallest absolute Gasteiger partial charge is 0.0536 e. The minimum atomic E-state index is 0.189. The maximum atomic E-state index is 6.45. The van der Waals surface area contributed by atoms with Crippen LogP contribution in [0, 0.1) is 0 Å². The summed E-state index contributed by atoms with van der Waals surface area (Å²) in [6, 6.07) is 6.73. The maximum Gasteiger partial charge on any atom is 0.0536 e. The third-order valence-corrected chi connectivity index (χ3v) is 4.93. The molecule has 1 aliphatic heterocycles. The van der Waals surface area contributed by atoms with E-state index in [9.17, 15) is 0 Å². The molecule has 2 atom stereocenters. The predicted molar refractivity (Wildman–Crippen MR) is 74.2 cm³/mol. The number of hydrogen-bond donors (Lipinski definition) is 1. The van der Waals surface area contributed by atoms with Crippen LogP contribution in [0.25, 0.3) is 0 Å². The van der Waals surface area contributed by atoms with Crippen LogP contribution >= 0.6 is 11.6 Å². The van der Waals surface area contributed by atoms with Gasteiger partial charge in [0.2, 0.25) is 0 Å². The van der Waals surface area contributed by atoms with Crippen molar-refractivity contribution in [2.75, 3.05) is 13.2 Å². The van der Waals surface area contributed by atoms with Crippen molar-refractivity contribution >= 4 is 11.6 Å². The Balaban J connectivity index is 1.89. The van der Waals surface area contributed by atoms with E-state index in [1.807, 2.05) is 0 Å². The van der Waals surface area contributed by atoms with Crippen molar-refractivity contribution in [1.82, 2.24) is 0 Å². The van der Waals surface area contributed by atoms with Gasteiger partial charge in [-0.2, -0.15) is 0 Å². The van der Waals surface area contributed by atoms with Crippen molar-refractivity contribution in [3.8, 4) is 0 Å². The molecular formula is C15H20ClNO. The second kappa shape index (κ2) is 4.52. The summed E-state index contributed by atoms with van der Waals surface area (Å²) < 4.78 is 5.44. The van der Waals surface area contributed by atoms with Crippen molar-refractivity contribution in [2.24, 2.45) is 5.73 Å². The zero-order chi connectivity index (χ0) is 12.8. The molecule has 2 aliphatic rings. The lowest BCUT2D eigenvalue weighted by Crippen LogP contribution is -2.31. The van der Waals surface area contributed by atoms with Gasteiger partial charge in [0.15, 0.2) is 0 Å². The van der Waals surface area contributed by atoms with E-state index in [1.165, 1.54) is 24.0 Å². The summed E-state index contributed by atoms with van der Waals surface area (Å²) >= 11 is 6.45. The van der Waals surface area contributed by atoms with Gasteiger partial charge in [-0.15, -0.1) is 0 Å². The molecule has 0 amide bonds. The Labute approximate surface area is 113 Å². The van der Waals surface area contributed by atoms with Crippen LogP contribution in [0.1, 0.15) is 43.2 Å². The molecule has 3 heteroatoms. The second-order valence-electron chi connectivity index (χ2n) is 5.74. The van der Waals surface area contributed by atoms with Crippen LogP contribution in [0.3, 0.4) is 0 Å². The Morgan fingerprint density at radius 3 is 2.72 bits per heavy atom. The highest BCUT2D eigenvalue weighted by Gasteiger charge is 2.47. The largest absolute Gasteiger partial charge is 0.381 e. The normalized spacial score (nSPS) is 27.2. The molecule has 3 rings (SSSR count). The van der Waals surface area contributed by atoms with E-state index < -0.39 is 0 Å². The van der Waals surface area contributed by atoms with Crippen LogP contribution in [0.4, 0.5) is 0 Å². The third kappa shape index (κ3) is 1.97. The van der Waals surface area contributed by atoms with Crippen molar-refractivity contribution in [2.45, 2.75) is 43.6 Å². The van der Waals surface area contributed by atoms with Crippen molar-refractivity contribution < 1.29 is 4.74 Å². The Morgan fingerprint density at radius 2 is 2.22 bits per heavy atom. The molecule has 2 fully saturated rings. The molecule has 0 aromatic heterocycles. The highest BCUT2D eigenvalue weighted by molar-refractivity contribution is 6.31. The molecule has 1 aliphatic carbocycles. The first-order valence-corrected chi connectivity index (χ1v) is 7.14. The van der Waals surface area contributed by atoms with Gasteiger partial charge in [-0.05, 0) is 43.4 Å². The van der Waals surface area contributed by atoms with Crippen LogP contribution < -0.4 is 5.73 Å². The zero-order valence-electron chi connectivity index (χ0n) is 10.8. The van der Waals surface area contributed by atoms with E-state index in [4.69, 9.17) is 22.1 Å². The average Bonchev–Trinajstić information content (AvgIpc) is 2.99. The minimum absolute atomic E-state index is 0.189. The summed E-state index contributed by atoms with van der Waals surface area (Å²) in [5.41, 5.74) is 8.85. The highest BCUT2D eigenvalue weighted by atomic mass is 35.5. The first kappa shape index (κ1) is 12.5. The number of halogens is 1. The Bertz CT molecular complexity index is 448. The Morgan fingerprint density at radius 1 is 1.44 bits per heavy atom. The van der Waals surface area contributed by atoms with Crippen LogP contribution in [0.2, 0.25) is 5.02 Å². The van der Waals surface area contributed by atoms with E-state index in [1.54, 1.807) is 0 Å². The number of ether oxygens (including phenoxy) is 1. The number of nitrogens with two attached hydrogens (primary N) is 1. The first-order chi connectivity index (χ1) is 8.63. The number of benzene rings is 1. The van der Waals surface area contributed by atoms with Gasteiger partial charge in [-0.1, -0.05) is 23.7 Å². The lowest BCUT2D eigenvalue weighted by Gasteiger charge is -2.21. The molecule has 1 saturated carbocycles. The van der Waals surface area contributed by atoms with Gasteiger partial charge in [0.05, 0.1) is 6.61 Å². The standard InChI is InChI=1S/C15H20ClNO/c1-10(17)15(5-6-15)12-2-3-13(14(16)8-12)11-4-7-18-9-11/h2-3,8,10-11H,4-7,9,17H2,1H3. The van der Waals surface area contributed by atoms with Gasteiger partial charge in [0, 0.05) is 29.0 Å².